The van der Waals surface area contributed by atoms with Crippen LogP contribution in [0, 0.1) is 6.92 Å². The van der Waals surface area contributed by atoms with E-state index in [2.05, 4.69) is 19.6 Å². The molecule has 0 aliphatic rings. The minimum Gasteiger partial charge on any atom is -0.384 e. The van der Waals surface area contributed by atoms with Crippen LogP contribution in [-0.4, -0.2) is 28.8 Å². The largest absolute Gasteiger partial charge is 0.471 e. The van der Waals surface area contributed by atoms with Crippen molar-refractivity contribution in [3.63, 3.8) is 0 Å². The quantitative estimate of drug-likeness (QED) is 0.865. The monoisotopic (exact) mass is 287 g/mol. The second-order valence-electron chi connectivity index (χ2n) is 4.13. The van der Waals surface area contributed by atoms with Crippen molar-refractivity contribution >= 4 is 0 Å². The molecule has 0 bridgehead atoms. The summed E-state index contributed by atoms with van der Waals surface area (Å²) in [4.78, 5) is 7.45. The van der Waals surface area contributed by atoms with Gasteiger partial charge in [-0.25, -0.2) is 0 Å². The second-order valence-corrected chi connectivity index (χ2v) is 4.13. The summed E-state index contributed by atoms with van der Waals surface area (Å²) in [7, 11) is 1.57. The molecule has 2 aromatic rings. The second kappa shape index (κ2) is 5.58. The van der Waals surface area contributed by atoms with Crippen molar-refractivity contribution in [3.05, 3.63) is 29.4 Å². The lowest BCUT2D eigenvalue weighted by Gasteiger charge is -2.05. The summed E-state index contributed by atoms with van der Waals surface area (Å²) in [6.07, 6.45) is -2.63. The number of rotatable bonds is 4. The van der Waals surface area contributed by atoms with Crippen LogP contribution in [0.1, 0.15) is 17.1 Å². The van der Waals surface area contributed by atoms with Crippen LogP contribution < -0.4 is 0 Å². The minimum absolute atomic E-state index is 0.136. The summed E-state index contributed by atoms with van der Waals surface area (Å²) in [6, 6.07) is 1.69. The molecule has 2 heterocycles. The molecule has 0 saturated heterocycles. The van der Waals surface area contributed by atoms with Crippen molar-refractivity contribution in [3.8, 4) is 11.4 Å². The molecule has 0 fully saturated rings. The van der Waals surface area contributed by atoms with Crippen molar-refractivity contribution in [1.29, 1.82) is 0 Å². The number of halogens is 3. The molecule has 20 heavy (non-hydrogen) atoms. The number of hydrogen-bond acceptors (Lipinski definition) is 5. The lowest BCUT2D eigenvalue weighted by Crippen LogP contribution is -2.05. The van der Waals surface area contributed by atoms with Gasteiger partial charge in [0.15, 0.2) is 0 Å². The van der Waals surface area contributed by atoms with Gasteiger partial charge in [0, 0.05) is 24.6 Å². The van der Waals surface area contributed by atoms with E-state index in [1.54, 1.807) is 13.2 Å². The first kappa shape index (κ1) is 14.4. The molecule has 8 heteroatoms. The topological polar surface area (TPSA) is 61.0 Å². The summed E-state index contributed by atoms with van der Waals surface area (Å²) < 4.78 is 46.4. The van der Waals surface area contributed by atoms with Crippen LogP contribution in [0.4, 0.5) is 13.2 Å². The molecule has 0 unspecified atom stereocenters. The van der Waals surface area contributed by atoms with E-state index in [-0.39, 0.29) is 5.82 Å². The zero-order valence-corrected chi connectivity index (χ0v) is 10.9. The Bertz CT molecular complexity index is 596. The Hall–Kier alpha value is -1.96. The van der Waals surface area contributed by atoms with Gasteiger partial charge in [-0.1, -0.05) is 5.16 Å². The van der Waals surface area contributed by atoms with E-state index in [0.29, 0.717) is 18.6 Å². The van der Waals surface area contributed by atoms with Crippen LogP contribution in [0.15, 0.2) is 16.8 Å². The first-order valence-electron chi connectivity index (χ1n) is 5.77. The maximum Gasteiger partial charge on any atom is 0.471 e. The third-order valence-corrected chi connectivity index (χ3v) is 2.69. The number of hydrogen-bond donors (Lipinski definition) is 0. The molecule has 2 rings (SSSR count). The van der Waals surface area contributed by atoms with E-state index >= 15 is 0 Å². The SMILES string of the molecule is COCCc1cc(-c2noc(C(F)(F)F)n2)cnc1C. The van der Waals surface area contributed by atoms with Crippen molar-refractivity contribution in [1.82, 2.24) is 15.1 Å². The Morgan fingerprint density at radius 1 is 1.35 bits per heavy atom. The van der Waals surface area contributed by atoms with E-state index in [4.69, 9.17) is 4.74 Å². The molecule has 5 nitrogen and oxygen atoms in total. The molecule has 0 atom stereocenters. The number of pyridine rings is 1. The third-order valence-electron chi connectivity index (χ3n) is 2.69. The summed E-state index contributed by atoms with van der Waals surface area (Å²) in [6.45, 7) is 2.30. The molecule has 0 aliphatic heterocycles. The van der Waals surface area contributed by atoms with Gasteiger partial charge >= 0.3 is 12.1 Å². The van der Waals surface area contributed by atoms with Crippen LogP contribution >= 0.6 is 0 Å². The molecule has 0 radical (unpaired) electrons. The van der Waals surface area contributed by atoms with Crippen molar-refractivity contribution in [2.75, 3.05) is 13.7 Å². The third kappa shape index (κ3) is 3.13. The average molecular weight is 287 g/mol. The van der Waals surface area contributed by atoms with Gasteiger partial charge in [-0.3, -0.25) is 4.98 Å². The zero-order valence-electron chi connectivity index (χ0n) is 10.9. The van der Waals surface area contributed by atoms with Crippen LogP contribution in [0.3, 0.4) is 0 Å². The molecule has 0 aliphatic carbocycles. The van der Waals surface area contributed by atoms with E-state index in [0.717, 1.165) is 11.3 Å². The highest BCUT2D eigenvalue weighted by Gasteiger charge is 2.38. The van der Waals surface area contributed by atoms with Gasteiger partial charge in [-0.2, -0.15) is 18.2 Å². The number of nitrogens with zero attached hydrogens (tertiary/aromatic N) is 3. The van der Waals surface area contributed by atoms with E-state index in [9.17, 15) is 13.2 Å². The van der Waals surface area contributed by atoms with Crippen molar-refractivity contribution < 1.29 is 22.4 Å². The maximum absolute atomic E-state index is 12.4. The summed E-state index contributed by atoms with van der Waals surface area (Å²) in [5, 5.41) is 3.33. The predicted molar refractivity (Wildman–Crippen MR) is 62.8 cm³/mol. The number of ether oxygens (including phenoxy) is 1. The van der Waals surface area contributed by atoms with E-state index < -0.39 is 12.1 Å². The van der Waals surface area contributed by atoms with Crippen molar-refractivity contribution in [2.24, 2.45) is 0 Å². The molecular formula is C12H12F3N3O2. The fourth-order valence-electron chi connectivity index (χ4n) is 1.62. The van der Waals surface area contributed by atoms with Gasteiger partial charge in [-0.05, 0) is 25.0 Å². The first-order chi connectivity index (χ1) is 9.41. The number of methoxy groups -OCH3 is 1. The molecular weight excluding hydrogens is 275 g/mol. The molecule has 0 saturated carbocycles. The van der Waals surface area contributed by atoms with E-state index in [1.165, 1.54) is 6.20 Å². The van der Waals surface area contributed by atoms with Crippen LogP contribution in [0.2, 0.25) is 0 Å². The Morgan fingerprint density at radius 3 is 2.70 bits per heavy atom. The zero-order chi connectivity index (χ0) is 14.8. The standard InChI is InChI=1S/C12H12F3N3O2/c1-7-8(3-4-19-2)5-9(6-16-7)10-17-11(20-18-10)12(13,14)15/h5-6H,3-4H2,1-2H3. The molecule has 108 valence electrons. The van der Waals surface area contributed by atoms with Gasteiger partial charge in [0.1, 0.15) is 0 Å². The fraction of sp³-hybridized carbons (Fsp3) is 0.417. The molecule has 0 aromatic carbocycles. The van der Waals surface area contributed by atoms with Crippen LogP contribution in [0.5, 0.6) is 0 Å². The number of alkyl halides is 3. The number of aromatic nitrogens is 3. The molecule has 0 N–H and O–H groups in total. The summed E-state index contributed by atoms with van der Waals surface area (Å²) in [5.41, 5.74) is 2.02. The normalized spacial score (nSPS) is 11.8. The molecule has 0 spiro atoms. The van der Waals surface area contributed by atoms with Crippen LogP contribution in [0.25, 0.3) is 11.4 Å². The number of aryl methyl sites for hydroxylation is 1. The Labute approximate surface area is 112 Å². The van der Waals surface area contributed by atoms with Crippen LogP contribution in [-0.2, 0) is 17.3 Å². The predicted octanol–water partition coefficient (Wildman–Crippen LogP) is 2.65. The lowest BCUT2D eigenvalue weighted by molar-refractivity contribution is -0.159. The van der Waals surface area contributed by atoms with Gasteiger partial charge in [0.2, 0.25) is 5.82 Å². The van der Waals surface area contributed by atoms with Gasteiger partial charge in [-0.15, -0.1) is 0 Å². The Kier molecular flexibility index (Phi) is 4.03. The van der Waals surface area contributed by atoms with Crippen molar-refractivity contribution in [2.45, 2.75) is 19.5 Å². The lowest BCUT2D eigenvalue weighted by atomic mass is 10.1. The highest BCUT2D eigenvalue weighted by Crippen LogP contribution is 2.29. The maximum atomic E-state index is 12.4. The molecule has 2 aromatic heterocycles. The summed E-state index contributed by atoms with van der Waals surface area (Å²) >= 11 is 0. The van der Waals surface area contributed by atoms with Gasteiger partial charge in [0.25, 0.3) is 0 Å². The molecule has 0 amide bonds. The highest BCUT2D eigenvalue weighted by molar-refractivity contribution is 5.54. The van der Waals surface area contributed by atoms with E-state index in [1.807, 2.05) is 6.92 Å². The minimum atomic E-state index is -4.65. The average Bonchev–Trinajstić information content (AvgIpc) is 2.87. The summed E-state index contributed by atoms with van der Waals surface area (Å²) in [5.74, 6) is -1.50. The first-order valence-corrected chi connectivity index (χ1v) is 5.77. The smallest absolute Gasteiger partial charge is 0.384 e. The Balaban J connectivity index is 2.31. The van der Waals surface area contributed by atoms with Gasteiger partial charge in [0.05, 0.1) is 6.61 Å². The Morgan fingerprint density at radius 2 is 2.10 bits per heavy atom. The van der Waals surface area contributed by atoms with Gasteiger partial charge < -0.3 is 9.26 Å². The fourth-order valence-corrected chi connectivity index (χ4v) is 1.62. The highest BCUT2D eigenvalue weighted by atomic mass is 19.4.